The van der Waals surface area contributed by atoms with Gasteiger partial charge in [0.25, 0.3) is 17.5 Å². The van der Waals surface area contributed by atoms with Crippen molar-refractivity contribution in [1.82, 2.24) is 0 Å². The van der Waals surface area contributed by atoms with E-state index in [4.69, 9.17) is 5.73 Å². The maximum absolute atomic E-state index is 12.5. The SMILES string of the molecule is C[C@@H]1CCc2c(sc(NC(=O)c3ccccc3[N+](=O)[O-])c2C(N)=O)C1. The Labute approximate surface area is 148 Å². The lowest BCUT2D eigenvalue weighted by Gasteiger charge is -2.18. The van der Waals surface area contributed by atoms with Crippen molar-refractivity contribution >= 4 is 33.8 Å². The number of nitrogens with one attached hydrogen (secondary N) is 1. The number of fused-ring (bicyclic) bond motifs is 1. The molecule has 0 unspecified atom stereocenters. The Morgan fingerprint density at radius 1 is 1.36 bits per heavy atom. The number of anilines is 1. The lowest BCUT2D eigenvalue weighted by Crippen LogP contribution is -2.19. The predicted molar refractivity (Wildman–Crippen MR) is 95.1 cm³/mol. The number of nitrogens with two attached hydrogens (primary N) is 1. The number of hydrogen-bond acceptors (Lipinski definition) is 5. The first-order valence-corrected chi connectivity index (χ1v) is 8.69. The normalized spacial score (nSPS) is 16.1. The Kier molecular flexibility index (Phi) is 4.54. The maximum Gasteiger partial charge on any atom is 0.282 e. The summed E-state index contributed by atoms with van der Waals surface area (Å²) in [5.74, 6) is -0.711. The molecule has 0 bridgehead atoms. The Balaban J connectivity index is 1.97. The number of para-hydroxylation sites is 1. The largest absolute Gasteiger partial charge is 0.365 e. The van der Waals surface area contributed by atoms with Crippen molar-refractivity contribution in [3.63, 3.8) is 0 Å². The molecule has 1 aliphatic rings. The first-order chi connectivity index (χ1) is 11.9. The van der Waals surface area contributed by atoms with E-state index in [1.54, 1.807) is 6.07 Å². The summed E-state index contributed by atoms with van der Waals surface area (Å²) in [7, 11) is 0. The van der Waals surface area contributed by atoms with E-state index in [0.29, 0.717) is 16.5 Å². The highest BCUT2D eigenvalue weighted by Crippen LogP contribution is 2.39. The molecule has 1 atom stereocenters. The number of primary amides is 1. The zero-order chi connectivity index (χ0) is 18.1. The van der Waals surface area contributed by atoms with E-state index in [1.807, 2.05) is 0 Å². The number of nitro benzene ring substituents is 1. The van der Waals surface area contributed by atoms with E-state index in [9.17, 15) is 19.7 Å². The molecule has 0 saturated carbocycles. The van der Waals surface area contributed by atoms with E-state index >= 15 is 0 Å². The number of benzene rings is 1. The molecule has 7 nitrogen and oxygen atoms in total. The van der Waals surface area contributed by atoms with E-state index in [0.717, 1.165) is 29.7 Å². The topological polar surface area (TPSA) is 115 Å². The van der Waals surface area contributed by atoms with Gasteiger partial charge in [0.05, 0.1) is 10.5 Å². The molecule has 8 heteroatoms. The third kappa shape index (κ3) is 3.25. The summed E-state index contributed by atoms with van der Waals surface area (Å²) in [6.45, 7) is 2.14. The monoisotopic (exact) mass is 359 g/mol. The van der Waals surface area contributed by atoms with Crippen LogP contribution < -0.4 is 11.1 Å². The fourth-order valence-electron chi connectivity index (χ4n) is 3.09. The molecule has 3 rings (SSSR count). The molecular formula is C17H17N3O4S. The zero-order valence-corrected chi connectivity index (χ0v) is 14.4. The molecule has 25 heavy (non-hydrogen) atoms. The Morgan fingerprint density at radius 3 is 2.76 bits per heavy atom. The minimum Gasteiger partial charge on any atom is -0.365 e. The van der Waals surface area contributed by atoms with Crippen LogP contribution in [0.1, 0.15) is 44.5 Å². The molecule has 1 heterocycles. The number of carbonyl (C=O) groups is 2. The van der Waals surface area contributed by atoms with Crippen molar-refractivity contribution in [1.29, 1.82) is 0 Å². The minimum absolute atomic E-state index is 0.0531. The summed E-state index contributed by atoms with van der Waals surface area (Å²) in [6.07, 6.45) is 2.54. The van der Waals surface area contributed by atoms with E-state index in [2.05, 4.69) is 12.2 Å². The van der Waals surface area contributed by atoms with Crippen molar-refractivity contribution in [2.45, 2.75) is 26.2 Å². The molecule has 2 aromatic rings. The summed E-state index contributed by atoms with van der Waals surface area (Å²) in [5, 5.41) is 14.1. The zero-order valence-electron chi connectivity index (χ0n) is 13.6. The predicted octanol–water partition coefficient (Wildman–Crippen LogP) is 3.13. The highest BCUT2D eigenvalue weighted by Gasteiger charge is 2.28. The van der Waals surface area contributed by atoms with Crippen molar-refractivity contribution in [3.8, 4) is 0 Å². The third-order valence-electron chi connectivity index (χ3n) is 4.33. The quantitative estimate of drug-likeness (QED) is 0.644. The van der Waals surface area contributed by atoms with Gasteiger partial charge in [0, 0.05) is 10.9 Å². The van der Waals surface area contributed by atoms with Crippen LogP contribution in [-0.4, -0.2) is 16.7 Å². The van der Waals surface area contributed by atoms with Crippen molar-refractivity contribution in [2.24, 2.45) is 11.7 Å². The van der Waals surface area contributed by atoms with Crippen LogP contribution in [0.4, 0.5) is 10.7 Å². The van der Waals surface area contributed by atoms with Crippen LogP contribution in [-0.2, 0) is 12.8 Å². The van der Waals surface area contributed by atoms with Crippen molar-refractivity contribution < 1.29 is 14.5 Å². The lowest BCUT2D eigenvalue weighted by molar-refractivity contribution is -0.385. The maximum atomic E-state index is 12.5. The number of rotatable bonds is 4. The van der Waals surface area contributed by atoms with Crippen LogP contribution in [0.2, 0.25) is 0 Å². The molecular weight excluding hydrogens is 342 g/mol. The summed E-state index contributed by atoms with van der Waals surface area (Å²) in [5.41, 5.74) is 6.41. The first kappa shape index (κ1) is 17.1. The molecule has 0 saturated heterocycles. The van der Waals surface area contributed by atoms with Gasteiger partial charge in [-0.15, -0.1) is 11.3 Å². The van der Waals surface area contributed by atoms with E-state index < -0.39 is 16.7 Å². The third-order valence-corrected chi connectivity index (χ3v) is 5.50. The van der Waals surface area contributed by atoms with Crippen LogP contribution in [0.5, 0.6) is 0 Å². The summed E-state index contributed by atoms with van der Waals surface area (Å²) in [4.78, 5) is 36.0. The van der Waals surface area contributed by atoms with Crippen LogP contribution in [0.25, 0.3) is 0 Å². The molecule has 1 aromatic carbocycles. The van der Waals surface area contributed by atoms with Gasteiger partial charge in [-0.25, -0.2) is 0 Å². The highest BCUT2D eigenvalue weighted by atomic mass is 32.1. The van der Waals surface area contributed by atoms with Gasteiger partial charge in [-0.05, 0) is 36.8 Å². The average Bonchev–Trinajstić information content (AvgIpc) is 2.91. The molecule has 1 aromatic heterocycles. The molecule has 130 valence electrons. The van der Waals surface area contributed by atoms with Crippen LogP contribution >= 0.6 is 11.3 Å². The Bertz CT molecular complexity index is 875. The highest BCUT2D eigenvalue weighted by molar-refractivity contribution is 7.17. The van der Waals surface area contributed by atoms with Gasteiger partial charge in [-0.2, -0.15) is 0 Å². The van der Waals surface area contributed by atoms with Gasteiger partial charge in [0.2, 0.25) is 0 Å². The lowest BCUT2D eigenvalue weighted by atomic mass is 9.88. The van der Waals surface area contributed by atoms with Gasteiger partial charge in [0.1, 0.15) is 10.6 Å². The first-order valence-electron chi connectivity index (χ1n) is 7.87. The minimum atomic E-state index is -0.624. The van der Waals surface area contributed by atoms with Crippen LogP contribution in [0, 0.1) is 16.0 Å². The molecule has 0 radical (unpaired) electrons. The fraction of sp³-hybridized carbons (Fsp3) is 0.294. The van der Waals surface area contributed by atoms with Gasteiger partial charge in [-0.1, -0.05) is 19.1 Å². The summed E-state index contributed by atoms with van der Waals surface area (Å²) in [6, 6.07) is 5.70. The van der Waals surface area contributed by atoms with Crippen LogP contribution in [0.15, 0.2) is 24.3 Å². The van der Waals surface area contributed by atoms with Gasteiger partial charge in [-0.3, -0.25) is 19.7 Å². The second-order valence-corrected chi connectivity index (χ2v) is 7.25. The number of amides is 2. The Morgan fingerprint density at radius 2 is 2.08 bits per heavy atom. The number of carbonyl (C=O) groups excluding carboxylic acids is 2. The molecule has 0 spiro atoms. The number of thiophene rings is 1. The van der Waals surface area contributed by atoms with Gasteiger partial charge >= 0.3 is 0 Å². The molecule has 0 aliphatic heterocycles. The summed E-state index contributed by atoms with van der Waals surface area (Å²) >= 11 is 1.33. The Hall–Kier alpha value is -2.74. The standard InChI is InChI=1S/C17H17N3O4S/c1-9-6-7-11-13(8-9)25-17(14(11)15(18)21)19-16(22)10-4-2-3-5-12(10)20(23)24/h2-5,9H,6-8H2,1H3,(H2,18,21)(H,19,22)/t9-/m1/s1. The van der Waals surface area contributed by atoms with Crippen molar-refractivity contribution in [3.05, 3.63) is 55.9 Å². The smallest absolute Gasteiger partial charge is 0.282 e. The molecule has 2 amide bonds. The van der Waals surface area contributed by atoms with Crippen LogP contribution in [0.3, 0.4) is 0 Å². The fourth-order valence-corrected chi connectivity index (χ4v) is 4.51. The average molecular weight is 359 g/mol. The molecule has 3 N–H and O–H groups in total. The van der Waals surface area contributed by atoms with E-state index in [1.165, 1.54) is 29.5 Å². The second-order valence-electron chi connectivity index (χ2n) is 6.15. The number of nitrogens with zero attached hydrogens (tertiary/aromatic N) is 1. The number of hydrogen-bond donors (Lipinski definition) is 2. The second kappa shape index (κ2) is 6.64. The molecule has 0 fully saturated rings. The van der Waals surface area contributed by atoms with Crippen molar-refractivity contribution in [2.75, 3.05) is 5.32 Å². The summed E-state index contributed by atoms with van der Waals surface area (Å²) < 4.78 is 0. The van der Waals surface area contributed by atoms with Gasteiger partial charge in [0.15, 0.2) is 0 Å². The number of nitro groups is 1. The van der Waals surface area contributed by atoms with Gasteiger partial charge < -0.3 is 11.1 Å². The van der Waals surface area contributed by atoms with E-state index in [-0.39, 0.29) is 11.3 Å². The molecule has 1 aliphatic carbocycles.